The topological polar surface area (TPSA) is 27.7 Å². The predicted molar refractivity (Wildman–Crippen MR) is 43.2 cm³/mol. The van der Waals surface area contributed by atoms with Crippen LogP contribution in [0.1, 0.15) is 6.92 Å². The highest BCUT2D eigenvalue weighted by Gasteiger charge is 2.13. The van der Waals surface area contributed by atoms with E-state index in [1.54, 1.807) is 6.61 Å². The van der Waals surface area contributed by atoms with E-state index in [0.717, 1.165) is 17.2 Å². The number of rotatable bonds is 2. The van der Waals surface area contributed by atoms with E-state index in [4.69, 9.17) is 14.2 Å². The zero-order valence-electron chi connectivity index (χ0n) is 6.74. The van der Waals surface area contributed by atoms with Crippen molar-refractivity contribution >= 4 is 0 Å². The summed E-state index contributed by atoms with van der Waals surface area (Å²) >= 11 is 0. The van der Waals surface area contributed by atoms with Gasteiger partial charge in [-0.3, -0.25) is 0 Å². The van der Waals surface area contributed by atoms with Crippen LogP contribution in [0.25, 0.3) is 0 Å². The minimum atomic E-state index is 0.300. The van der Waals surface area contributed by atoms with Crippen molar-refractivity contribution in [1.29, 1.82) is 0 Å². The maximum atomic E-state index is 5.17. The largest absolute Gasteiger partial charge is 0.487 e. The molecule has 1 radical (unpaired) electrons. The Hall–Kier alpha value is -1.38. The van der Waals surface area contributed by atoms with E-state index < -0.39 is 0 Å². The van der Waals surface area contributed by atoms with Crippen LogP contribution in [-0.4, -0.2) is 6.79 Å². The van der Waals surface area contributed by atoms with Gasteiger partial charge >= 0.3 is 0 Å². The standard InChI is InChI=1S/C9H9O3/c1-2-10-7-3-4-8-9(5-7)12-6-11-8/h2-5H,6H2,1H3. The predicted octanol–water partition coefficient (Wildman–Crippen LogP) is 1.98. The van der Waals surface area contributed by atoms with Gasteiger partial charge in [0.15, 0.2) is 11.5 Å². The van der Waals surface area contributed by atoms with Crippen LogP contribution in [0.4, 0.5) is 0 Å². The molecule has 0 N–H and O–H groups in total. The quantitative estimate of drug-likeness (QED) is 0.670. The minimum absolute atomic E-state index is 0.300. The summed E-state index contributed by atoms with van der Waals surface area (Å²) in [6.07, 6.45) is 0. The van der Waals surface area contributed by atoms with E-state index in [-0.39, 0.29) is 0 Å². The molecule has 1 aromatic carbocycles. The molecule has 0 amide bonds. The minimum Gasteiger partial charge on any atom is -0.487 e. The van der Waals surface area contributed by atoms with Crippen LogP contribution in [0.15, 0.2) is 18.2 Å². The maximum absolute atomic E-state index is 5.17. The highest BCUT2D eigenvalue weighted by molar-refractivity contribution is 5.46. The van der Waals surface area contributed by atoms with Crippen molar-refractivity contribution in [2.24, 2.45) is 0 Å². The average molecular weight is 165 g/mol. The van der Waals surface area contributed by atoms with Crippen molar-refractivity contribution in [1.82, 2.24) is 0 Å². The van der Waals surface area contributed by atoms with Gasteiger partial charge in [0.2, 0.25) is 6.79 Å². The lowest BCUT2D eigenvalue weighted by molar-refractivity contribution is 0.174. The molecular formula is C9H9O3. The third-order valence-electron chi connectivity index (χ3n) is 1.60. The van der Waals surface area contributed by atoms with Gasteiger partial charge in [-0.15, -0.1) is 0 Å². The van der Waals surface area contributed by atoms with Crippen molar-refractivity contribution in [3.05, 3.63) is 24.8 Å². The molecule has 0 fully saturated rings. The SMILES string of the molecule is C[CH]Oc1ccc2c(c1)OCO2. The molecule has 1 heterocycles. The number of fused-ring (bicyclic) bond motifs is 1. The second kappa shape index (κ2) is 2.93. The lowest BCUT2D eigenvalue weighted by atomic mass is 10.3. The van der Waals surface area contributed by atoms with Gasteiger partial charge in [0.25, 0.3) is 0 Å². The number of benzene rings is 1. The lowest BCUT2D eigenvalue weighted by Gasteiger charge is -2.02. The van der Waals surface area contributed by atoms with Crippen molar-refractivity contribution in [3.63, 3.8) is 0 Å². The molecule has 0 aromatic heterocycles. The Morgan fingerprint density at radius 2 is 2.17 bits per heavy atom. The highest BCUT2D eigenvalue weighted by atomic mass is 16.7. The molecule has 0 aliphatic carbocycles. The van der Waals surface area contributed by atoms with Gasteiger partial charge in [-0.2, -0.15) is 0 Å². The van der Waals surface area contributed by atoms with Gasteiger partial charge < -0.3 is 14.2 Å². The van der Waals surface area contributed by atoms with E-state index in [1.807, 2.05) is 25.1 Å². The normalized spacial score (nSPS) is 13.1. The van der Waals surface area contributed by atoms with Crippen LogP contribution < -0.4 is 14.2 Å². The Morgan fingerprint density at radius 3 is 3.00 bits per heavy atom. The highest BCUT2D eigenvalue weighted by Crippen LogP contribution is 2.35. The first kappa shape index (κ1) is 7.28. The lowest BCUT2D eigenvalue weighted by Crippen LogP contribution is -1.92. The van der Waals surface area contributed by atoms with Crippen LogP contribution in [0.2, 0.25) is 0 Å². The van der Waals surface area contributed by atoms with Gasteiger partial charge in [-0.1, -0.05) is 0 Å². The van der Waals surface area contributed by atoms with E-state index in [9.17, 15) is 0 Å². The molecule has 1 aliphatic heterocycles. The van der Waals surface area contributed by atoms with E-state index in [0.29, 0.717) is 6.79 Å². The summed E-state index contributed by atoms with van der Waals surface area (Å²) in [4.78, 5) is 0. The van der Waals surface area contributed by atoms with Gasteiger partial charge in [-0.25, -0.2) is 0 Å². The summed E-state index contributed by atoms with van der Waals surface area (Å²) in [6.45, 7) is 3.75. The monoisotopic (exact) mass is 165 g/mol. The molecule has 0 bridgehead atoms. The summed E-state index contributed by atoms with van der Waals surface area (Å²) in [5.41, 5.74) is 0. The number of hydrogen-bond acceptors (Lipinski definition) is 3. The molecule has 1 aromatic rings. The molecular weight excluding hydrogens is 156 g/mol. The molecule has 0 spiro atoms. The first-order valence-electron chi connectivity index (χ1n) is 3.74. The van der Waals surface area contributed by atoms with Gasteiger partial charge in [0, 0.05) is 6.07 Å². The Bertz CT molecular complexity index is 283. The molecule has 0 saturated heterocycles. The molecule has 63 valence electrons. The fourth-order valence-corrected chi connectivity index (χ4v) is 1.09. The van der Waals surface area contributed by atoms with Gasteiger partial charge in [0.05, 0.1) is 0 Å². The molecule has 3 heteroatoms. The van der Waals surface area contributed by atoms with Gasteiger partial charge in [0.1, 0.15) is 12.4 Å². The first-order valence-corrected chi connectivity index (χ1v) is 3.74. The molecule has 2 rings (SSSR count). The molecule has 0 unspecified atom stereocenters. The Labute approximate surface area is 70.9 Å². The average Bonchev–Trinajstić information content (AvgIpc) is 2.51. The summed E-state index contributed by atoms with van der Waals surface area (Å²) in [7, 11) is 0. The third kappa shape index (κ3) is 1.18. The smallest absolute Gasteiger partial charge is 0.231 e. The van der Waals surface area contributed by atoms with Crippen molar-refractivity contribution in [2.45, 2.75) is 6.92 Å². The zero-order chi connectivity index (χ0) is 8.39. The van der Waals surface area contributed by atoms with E-state index in [2.05, 4.69) is 0 Å². The van der Waals surface area contributed by atoms with Crippen molar-refractivity contribution < 1.29 is 14.2 Å². The fraction of sp³-hybridized carbons (Fsp3) is 0.222. The summed E-state index contributed by atoms with van der Waals surface area (Å²) < 4.78 is 15.5. The van der Waals surface area contributed by atoms with Crippen LogP contribution in [0.3, 0.4) is 0 Å². The third-order valence-corrected chi connectivity index (χ3v) is 1.60. The summed E-state index contributed by atoms with van der Waals surface area (Å²) in [6, 6.07) is 5.48. The molecule has 0 atom stereocenters. The van der Waals surface area contributed by atoms with E-state index in [1.165, 1.54) is 0 Å². The maximum Gasteiger partial charge on any atom is 0.231 e. The molecule has 3 nitrogen and oxygen atoms in total. The fourth-order valence-electron chi connectivity index (χ4n) is 1.09. The van der Waals surface area contributed by atoms with Crippen LogP contribution in [-0.2, 0) is 0 Å². The van der Waals surface area contributed by atoms with Crippen LogP contribution in [0, 0.1) is 6.61 Å². The number of ether oxygens (including phenoxy) is 3. The molecule has 0 saturated carbocycles. The molecule has 12 heavy (non-hydrogen) atoms. The van der Waals surface area contributed by atoms with Crippen LogP contribution in [0.5, 0.6) is 17.2 Å². The second-order valence-corrected chi connectivity index (χ2v) is 2.37. The summed E-state index contributed by atoms with van der Waals surface area (Å²) in [5, 5.41) is 0. The first-order chi connectivity index (χ1) is 5.90. The van der Waals surface area contributed by atoms with Crippen molar-refractivity contribution in [2.75, 3.05) is 6.79 Å². The Morgan fingerprint density at radius 1 is 1.33 bits per heavy atom. The zero-order valence-corrected chi connectivity index (χ0v) is 6.74. The summed E-state index contributed by atoms with van der Waals surface area (Å²) in [5.74, 6) is 2.29. The molecule has 1 aliphatic rings. The van der Waals surface area contributed by atoms with Crippen molar-refractivity contribution in [3.8, 4) is 17.2 Å². The Kier molecular flexibility index (Phi) is 1.78. The Balaban J connectivity index is 2.26. The number of hydrogen-bond donors (Lipinski definition) is 0. The van der Waals surface area contributed by atoms with Gasteiger partial charge in [-0.05, 0) is 19.1 Å². The van der Waals surface area contributed by atoms with Crippen LogP contribution >= 0.6 is 0 Å². The van der Waals surface area contributed by atoms with E-state index >= 15 is 0 Å². The second-order valence-electron chi connectivity index (χ2n) is 2.37.